The van der Waals surface area contributed by atoms with Gasteiger partial charge in [0.05, 0.1) is 16.8 Å². The first-order chi connectivity index (χ1) is 9.88. The maximum Gasteiger partial charge on any atom is 0.335 e. The average molecular weight is 354 g/mol. The number of carbonyl (C=O) groups is 2. The van der Waals surface area contributed by atoms with E-state index in [1.165, 1.54) is 18.2 Å². The van der Waals surface area contributed by atoms with E-state index in [0.29, 0.717) is 0 Å². The number of nitrogens with one attached hydrogen (secondary N) is 1. The molecule has 2 aromatic carbocycles. The highest BCUT2D eigenvalue weighted by Crippen LogP contribution is 2.26. The van der Waals surface area contributed by atoms with Crippen molar-refractivity contribution in [3.63, 3.8) is 0 Å². The zero-order valence-corrected chi connectivity index (χ0v) is 12.0. The predicted octanol–water partition coefficient (Wildman–Crippen LogP) is 3.24. The molecule has 0 spiro atoms. The van der Waals surface area contributed by atoms with Gasteiger partial charge in [-0.25, -0.2) is 9.18 Å². The minimum atomic E-state index is -1.19. The van der Waals surface area contributed by atoms with E-state index in [-0.39, 0.29) is 27.0 Å². The second-order valence-electron chi connectivity index (χ2n) is 4.12. The zero-order valence-electron chi connectivity index (χ0n) is 10.4. The van der Waals surface area contributed by atoms with Crippen molar-refractivity contribution in [1.82, 2.24) is 0 Å². The number of hydrogen-bond donors (Lipinski definition) is 3. The molecular weight excluding hydrogens is 345 g/mol. The summed E-state index contributed by atoms with van der Waals surface area (Å²) in [5.41, 5.74) is 0.0222. The van der Waals surface area contributed by atoms with Gasteiger partial charge in [-0.3, -0.25) is 4.79 Å². The van der Waals surface area contributed by atoms with Gasteiger partial charge in [-0.2, -0.15) is 0 Å². The monoisotopic (exact) mass is 353 g/mol. The minimum absolute atomic E-state index is 0.0453. The van der Waals surface area contributed by atoms with Crippen LogP contribution < -0.4 is 5.32 Å². The first-order valence-electron chi connectivity index (χ1n) is 5.71. The molecule has 5 nitrogen and oxygen atoms in total. The Morgan fingerprint density at radius 3 is 2.48 bits per heavy atom. The summed E-state index contributed by atoms with van der Waals surface area (Å²) in [7, 11) is 0. The number of benzene rings is 2. The fourth-order valence-corrected chi connectivity index (χ4v) is 2.16. The molecule has 0 saturated carbocycles. The minimum Gasteiger partial charge on any atom is -0.506 e. The number of amides is 1. The second-order valence-corrected chi connectivity index (χ2v) is 4.97. The van der Waals surface area contributed by atoms with Crippen LogP contribution in [0.3, 0.4) is 0 Å². The molecule has 0 aromatic heterocycles. The van der Waals surface area contributed by atoms with E-state index < -0.39 is 17.7 Å². The van der Waals surface area contributed by atoms with Crippen LogP contribution in [0.2, 0.25) is 0 Å². The van der Waals surface area contributed by atoms with E-state index in [1.807, 2.05) is 0 Å². The van der Waals surface area contributed by atoms with Crippen molar-refractivity contribution >= 4 is 33.5 Å². The number of aromatic carboxylic acids is 1. The maximum absolute atomic E-state index is 13.0. The molecule has 0 heterocycles. The van der Waals surface area contributed by atoms with Gasteiger partial charge >= 0.3 is 5.97 Å². The number of phenols is 1. The molecule has 1 amide bonds. The van der Waals surface area contributed by atoms with Crippen LogP contribution in [0.25, 0.3) is 0 Å². The molecule has 0 atom stereocenters. The van der Waals surface area contributed by atoms with Gasteiger partial charge in [0, 0.05) is 4.47 Å². The molecule has 0 aliphatic rings. The lowest BCUT2D eigenvalue weighted by Crippen LogP contribution is -2.13. The van der Waals surface area contributed by atoms with Crippen molar-refractivity contribution in [1.29, 1.82) is 0 Å². The lowest BCUT2D eigenvalue weighted by Gasteiger charge is -2.09. The lowest BCUT2D eigenvalue weighted by molar-refractivity contribution is 0.0696. The topological polar surface area (TPSA) is 86.6 Å². The molecule has 2 rings (SSSR count). The Balaban J connectivity index is 2.31. The number of phenolic OH excluding ortho intramolecular Hbond substituents is 1. The predicted molar refractivity (Wildman–Crippen MR) is 77.1 cm³/mol. The summed E-state index contributed by atoms with van der Waals surface area (Å²) < 4.78 is 13.2. The molecule has 0 radical (unpaired) electrons. The molecule has 0 aliphatic carbocycles. The van der Waals surface area contributed by atoms with Crippen LogP contribution >= 0.6 is 15.9 Å². The number of anilines is 1. The standard InChI is InChI=1S/C14H9BrFNO4/c15-10-6-8(16)2-3-9(10)13(19)17-11-5-7(14(20)21)1-4-12(11)18/h1-6,18H,(H,17,19)(H,20,21). The van der Waals surface area contributed by atoms with Gasteiger partial charge < -0.3 is 15.5 Å². The number of halogens is 2. The summed E-state index contributed by atoms with van der Waals surface area (Å²) in [6.07, 6.45) is 0. The molecule has 0 unspecified atom stereocenters. The van der Waals surface area contributed by atoms with E-state index >= 15 is 0 Å². The van der Waals surface area contributed by atoms with Crippen LogP contribution in [0.15, 0.2) is 40.9 Å². The maximum atomic E-state index is 13.0. The second kappa shape index (κ2) is 5.92. The van der Waals surface area contributed by atoms with E-state index in [0.717, 1.165) is 18.2 Å². The van der Waals surface area contributed by atoms with Crippen LogP contribution in [0, 0.1) is 5.82 Å². The summed E-state index contributed by atoms with van der Waals surface area (Å²) in [6.45, 7) is 0. The third-order valence-corrected chi connectivity index (χ3v) is 3.32. The van der Waals surface area contributed by atoms with Gasteiger partial charge in [0.2, 0.25) is 0 Å². The molecule has 108 valence electrons. The SMILES string of the molecule is O=C(O)c1ccc(O)c(NC(=O)c2ccc(F)cc2Br)c1. The van der Waals surface area contributed by atoms with E-state index in [1.54, 1.807) is 0 Å². The molecule has 0 fully saturated rings. The Labute approximate surface area is 127 Å². The fraction of sp³-hybridized carbons (Fsp3) is 0. The van der Waals surface area contributed by atoms with Gasteiger partial charge in [0.25, 0.3) is 5.91 Å². The number of aromatic hydroxyl groups is 1. The Kier molecular flexibility index (Phi) is 4.23. The number of carboxylic acid groups (broad SMARTS) is 1. The van der Waals surface area contributed by atoms with Crippen molar-refractivity contribution < 1.29 is 24.2 Å². The zero-order chi connectivity index (χ0) is 15.6. The summed E-state index contributed by atoms with van der Waals surface area (Å²) in [6, 6.07) is 7.02. The molecule has 0 bridgehead atoms. The normalized spacial score (nSPS) is 10.2. The smallest absolute Gasteiger partial charge is 0.335 e. The van der Waals surface area contributed by atoms with Gasteiger partial charge in [0.1, 0.15) is 11.6 Å². The largest absolute Gasteiger partial charge is 0.506 e. The van der Waals surface area contributed by atoms with E-state index in [2.05, 4.69) is 21.2 Å². The molecule has 7 heteroatoms. The van der Waals surface area contributed by atoms with Crippen molar-refractivity contribution in [2.24, 2.45) is 0 Å². The van der Waals surface area contributed by atoms with Crippen molar-refractivity contribution in [3.8, 4) is 5.75 Å². The molecule has 0 saturated heterocycles. The number of carbonyl (C=O) groups excluding carboxylic acids is 1. The average Bonchev–Trinajstić information content (AvgIpc) is 2.40. The first-order valence-corrected chi connectivity index (χ1v) is 6.50. The highest BCUT2D eigenvalue weighted by atomic mass is 79.9. The number of rotatable bonds is 3. The van der Waals surface area contributed by atoms with Gasteiger partial charge in [-0.1, -0.05) is 0 Å². The molecule has 3 N–H and O–H groups in total. The Morgan fingerprint density at radius 2 is 1.86 bits per heavy atom. The van der Waals surface area contributed by atoms with E-state index in [4.69, 9.17) is 5.11 Å². The Hall–Kier alpha value is -2.41. The van der Waals surface area contributed by atoms with E-state index in [9.17, 15) is 19.1 Å². The number of carboxylic acids is 1. The van der Waals surface area contributed by atoms with Crippen LogP contribution in [0.1, 0.15) is 20.7 Å². The lowest BCUT2D eigenvalue weighted by atomic mass is 10.1. The quantitative estimate of drug-likeness (QED) is 0.739. The summed E-state index contributed by atoms with van der Waals surface area (Å²) in [5.74, 6) is -2.58. The van der Waals surface area contributed by atoms with Crippen LogP contribution in [-0.4, -0.2) is 22.1 Å². The van der Waals surface area contributed by atoms with Gasteiger partial charge in [-0.05, 0) is 52.3 Å². The van der Waals surface area contributed by atoms with Crippen LogP contribution in [-0.2, 0) is 0 Å². The Morgan fingerprint density at radius 1 is 1.14 bits per heavy atom. The fourth-order valence-electron chi connectivity index (χ4n) is 1.63. The molecule has 21 heavy (non-hydrogen) atoms. The van der Waals surface area contributed by atoms with Crippen molar-refractivity contribution in [3.05, 3.63) is 57.8 Å². The van der Waals surface area contributed by atoms with Crippen LogP contribution in [0.5, 0.6) is 5.75 Å². The van der Waals surface area contributed by atoms with Gasteiger partial charge in [0.15, 0.2) is 0 Å². The highest BCUT2D eigenvalue weighted by Gasteiger charge is 2.14. The van der Waals surface area contributed by atoms with Gasteiger partial charge in [-0.15, -0.1) is 0 Å². The van der Waals surface area contributed by atoms with Crippen molar-refractivity contribution in [2.45, 2.75) is 0 Å². The van der Waals surface area contributed by atoms with Crippen LogP contribution in [0.4, 0.5) is 10.1 Å². The summed E-state index contributed by atoms with van der Waals surface area (Å²) in [4.78, 5) is 22.9. The molecule has 0 aliphatic heterocycles. The Bertz CT molecular complexity index is 733. The number of hydrogen-bond acceptors (Lipinski definition) is 3. The summed E-state index contributed by atoms with van der Waals surface area (Å²) in [5, 5.41) is 20.9. The molecule has 2 aromatic rings. The van der Waals surface area contributed by atoms with Crippen molar-refractivity contribution in [2.75, 3.05) is 5.32 Å². The third-order valence-electron chi connectivity index (χ3n) is 2.67. The highest BCUT2D eigenvalue weighted by molar-refractivity contribution is 9.10. The first kappa shape index (κ1) is 15.0. The molecular formula is C14H9BrFNO4. The third kappa shape index (κ3) is 3.38. The summed E-state index contributed by atoms with van der Waals surface area (Å²) >= 11 is 3.06.